The molecule has 1 saturated heterocycles. The van der Waals surface area contributed by atoms with Gasteiger partial charge in [0, 0.05) is 31.4 Å². The molecule has 1 aromatic carbocycles. The first-order valence-corrected chi connectivity index (χ1v) is 8.04. The van der Waals surface area contributed by atoms with E-state index < -0.39 is 0 Å². The first-order chi connectivity index (χ1) is 11.2. The Morgan fingerprint density at radius 2 is 2.09 bits per heavy atom. The molecule has 23 heavy (non-hydrogen) atoms. The van der Waals surface area contributed by atoms with Crippen LogP contribution in [0.5, 0.6) is 5.88 Å². The van der Waals surface area contributed by atoms with Gasteiger partial charge in [0.1, 0.15) is 5.82 Å². The highest BCUT2D eigenvalue weighted by Crippen LogP contribution is 2.33. The van der Waals surface area contributed by atoms with Crippen LogP contribution in [0.4, 0.5) is 15.8 Å². The second-order valence-electron chi connectivity index (χ2n) is 6.19. The molecule has 2 aliphatic rings. The van der Waals surface area contributed by atoms with Gasteiger partial charge in [0.2, 0.25) is 5.88 Å². The van der Waals surface area contributed by atoms with Crippen LogP contribution in [0.1, 0.15) is 12.0 Å². The molecule has 1 fully saturated rings. The summed E-state index contributed by atoms with van der Waals surface area (Å²) in [5.74, 6) is 0.503. The number of pyridine rings is 1. The smallest absolute Gasteiger partial charge is 0.213 e. The number of anilines is 2. The summed E-state index contributed by atoms with van der Waals surface area (Å²) in [6.07, 6.45) is 3.92. The number of hydrogen-bond donors (Lipinski definition) is 0. The largest absolute Gasteiger partial charge is 0.481 e. The van der Waals surface area contributed by atoms with E-state index in [1.165, 1.54) is 5.69 Å². The predicted octanol–water partition coefficient (Wildman–Crippen LogP) is 2.87. The second kappa shape index (κ2) is 5.72. The third-order valence-electron chi connectivity index (χ3n) is 4.79. The molecule has 0 unspecified atom stereocenters. The molecule has 0 N–H and O–H groups in total. The number of aromatic nitrogens is 1. The normalized spacial score (nSPS) is 17.7. The zero-order valence-corrected chi connectivity index (χ0v) is 13.2. The Bertz CT molecular complexity index is 698. The fourth-order valence-electron chi connectivity index (χ4n) is 3.52. The lowest BCUT2D eigenvalue weighted by molar-refractivity contribution is 0.397. The van der Waals surface area contributed by atoms with E-state index in [1.807, 2.05) is 24.4 Å². The van der Waals surface area contributed by atoms with Crippen molar-refractivity contribution in [2.75, 3.05) is 36.5 Å². The van der Waals surface area contributed by atoms with Gasteiger partial charge < -0.3 is 14.5 Å². The third kappa shape index (κ3) is 2.60. The number of fused-ring (bicyclic) bond motifs is 1. The van der Waals surface area contributed by atoms with Crippen molar-refractivity contribution in [3.8, 4) is 5.88 Å². The Morgan fingerprint density at radius 1 is 1.22 bits per heavy atom. The van der Waals surface area contributed by atoms with E-state index in [0.29, 0.717) is 11.9 Å². The van der Waals surface area contributed by atoms with Gasteiger partial charge in [-0.1, -0.05) is 0 Å². The number of rotatable bonds is 3. The van der Waals surface area contributed by atoms with Crippen LogP contribution in [0, 0.1) is 5.82 Å². The first-order valence-electron chi connectivity index (χ1n) is 8.04. The van der Waals surface area contributed by atoms with Crippen molar-refractivity contribution in [1.82, 2.24) is 4.98 Å². The molecule has 1 aromatic heterocycles. The molecule has 4 nitrogen and oxygen atoms in total. The van der Waals surface area contributed by atoms with Gasteiger partial charge in [-0.05, 0) is 42.7 Å². The van der Waals surface area contributed by atoms with E-state index in [4.69, 9.17) is 4.74 Å². The summed E-state index contributed by atoms with van der Waals surface area (Å²) in [5, 5.41) is 0. The predicted molar refractivity (Wildman–Crippen MR) is 88.9 cm³/mol. The summed E-state index contributed by atoms with van der Waals surface area (Å²) in [7, 11) is 1.62. The summed E-state index contributed by atoms with van der Waals surface area (Å²) in [6, 6.07) is 9.61. The van der Waals surface area contributed by atoms with Crippen LogP contribution in [0.3, 0.4) is 0 Å². The second-order valence-corrected chi connectivity index (χ2v) is 6.19. The van der Waals surface area contributed by atoms with E-state index in [2.05, 4.69) is 14.8 Å². The third-order valence-corrected chi connectivity index (χ3v) is 4.79. The zero-order valence-electron chi connectivity index (χ0n) is 13.2. The van der Waals surface area contributed by atoms with Crippen LogP contribution in [0.15, 0.2) is 36.5 Å². The molecular formula is C18H20FN3O. The summed E-state index contributed by atoms with van der Waals surface area (Å²) in [4.78, 5) is 9.01. The SMILES string of the molecule is COc1ccc(N2CC(N3CCCc4cc(F)ccc43)C2)cn1. The fourth-order valence-corrected chi connectivity index (χ4v) is 3.52. The number of nitrogens with zero attached hydrogens (tertiary/aromatic N) is 3. The number of methoxy groups -OCH3 is 1. The number of benzene rings is 1. The van der Waals surface area contributed by atoms with Gasteiger partial charge >= 0.3 is 0 Å². The van der Waals surface area contributed by atoms with Crippen LogP contribution in [-0.4, -0.2) is 37.8 Å². The number of halogens is 1. The minimum Gasteiger partial charge on any atom is -0.481 e. The topological polar surface area (TPSA) is 28.6 Å². The van der Waals surface area contributed by atoms with Gasteiger partial charge in [0.15, 0.2) is 0 Å². The lowest BCUT2D eigenvalue weighted by atomic mass is 9.97. The maximum atomic E-state index is 13.4. The molecule has 0 aliphatic carbocycles. The number of aryl methyl sites for hydroxylation is 1. The Hall–Kier alpha value is -2.30. The lowest BCUT2D eigenvalue weighted by Crippen LogP contribution is -2.60. The van der Waals surface area contributed by atoms with Gasteiger partial charge in [-0.3, -0.25) is 0 Å². The van der Waals surface area contributed by atoms with Gasteiger partial charge in [-0.25, -0.2) is 9.37 Å². The summed E-state index contributed by atoms with van der Waals surface area (Å²) >= 11 is 0. The van der Waals surface area contributed by atoms with E-state index in [-0.39, 0.29) is 5.82 Å². The van der Waals surface area contributed by atoms with Gasteiger partial charge in [0.25, 0.3) is 0 Å². The van der Waals surface area contributed by atoms with Crippen LogP contribution < -0.4 is 14.5 Å². The van der Waals surface area contributed by atoms with E-state index in [9.17, 15) is 4.39 Å². The van der Waals surface area contributed by atoms with Crippen molar-refractivity contribution in [2.45, 2.75) is 18.9 Å². The molecule has 0 spiro atoms. The van der Waals surface area contributed by atoms with E-state index in [0.717, 1.165) is 43.7 Å². The maximum absolute atomic E-state index is 13.4. The lowest BCUT2D eigenvalue weighted by Gasteiger charge is -2.49. The first kappa shape index (κ1) is 14.3. The van der Waals surface area contributed by atoms with Crippen LogP contribution in [0.2, 0.25) is 0 Å². The molecule has 0 saturated carbocycles. The number of ether oxygens (including phenoxy) is 1. The fraction of sp³-hybridized carbons (Fsp3) is 0.389. The monoisotopic (exact) mass is 313 g/mol. The van der Waals surface area contributed by atoms with Crippen LogP contribution in [-0.2, 0) is 6.42 Å². The van der Waals surface area contributed by atoms with Crippen molar-refractivity contribution >= 4 is 11.4 Å². The van der Waals surface area contributed by atoms with Crippen LogP contribution in [0.25, 0.3) is 0 Å². The minimum absolute atomic E-state index is 0.134. The maximum Gasteiger partial charge on any atom is 0.213 e. The minimum atomic E-state index is -0.134. The highest BCUT2D eigenvalue weighted by Gasteiger charge is 2.34. The molecule has 0 radical (unpaired) electrons. The van der Waals surface area contributed by atoms with Gasteiger partial charge in [0.05, 0.1) is 25.0 Å². The van der Waals surface area contributed by atoms with Gasteiger partial charge in [-0.15, -0.1) is 0 Å². The average Bonchev–Trinajstić information content (AvgIpc) is 2.54. The Balaban J connectivity index is 1.46. The Morgan fingerprint density at radius 3 is 2.83 bits per heavy atom. The molecule has 120 valence electrons. The quantitative estimate of drug-likeness (QED) is 0.871. The molecule has 5 heteroatoms. The summed E-state index contributed by atoms with van der Waals surface area (Å²) in [5.41, 5.74) is 3.47. The zero-order chi connectivity index (χ0) is 15.8. The van der Waals surface area contributed by atoms with Crippen LogP contribution >= 0.6 is 0 Å². The highest BCUT2D eigenvalue weighted by atomic mass is 19.1. The average molecular weight is 313 g/mol. The molecule has 0 amide bonds. The highest BCUT2D eigenvalue weighted by molar-refractivity contribution is 5.59. The van der Waals surface area contributed by atoms with Crippen molar-refractivity contribution in [3.05, 3.63) is 47.9 Å². The Labute approximate surface area is 135 Å². The molecule has 4 rings (SSSR count). The summed E-state index contributed by atoms with van der Waals surface area (Å²) < 4.78 is 18.5. The standard InChI is InChI=1S/C18H20FN3O/c1-23-18-7-5-15(10-20-18)21-11-16(12-21)22-8-2-3-13-9-14(19)4-6-17(13)22/h4-7,9-10,16H,2-3,8,11-12H2,1H3. The van der Waals surface area contributed by atoms with Crippen molar-refractivity contribution in [2.24, 2.45) is 0 Å². The molecule has 2 aliphatic heterocycles. The molecule has 0 bridgehead atoms. The Kier molecular flexibility index (Phi) is 3.56. The number of hydrogen-bond acceptors (Lipinski definition) is 4. The molecule has 0 atom stereocenters. The van der Waals surface area contributed by atoms with Crippen molar-refractivity contribution in [3.63, 3.8) is 0 Å². The molecule has 2 aromatic rings. The van der Waals surface area contributed by atoms with Crippen molar-refractivity contribution < 1.29 is 9.13 Å². The van der Waals surface area contributed by atoms with Gasteiger partial charge in [-0.2, -0.15) is 0 Å². The molecular weight excluding hydrogens is 293 g/mol. The summed E-state index contributed by atoms with van der Waals surface area (Å²) in [6.45, 7) is 3.01. The van der Waals surface area contributed by atoms with Crippen molar-refractivity contribution in [1.29, 1.82) is 0 Å². The molecule has 3 heterocycles. The van der Waals surface area contributed by atoms with E-state index in [1.54, 1.807) is 19.2 Å². The van der Waals surface area contributed by atoms with E-state index >= 15 is 0 Å².